The van der Waals surface area contributed by atoms with Crippen LogP contribution in [0.5, 0.6) is 0 Å². The van der Waals surface area contributed by atoms with E-state index in [1.54, 1.807) is 40.5 Å². The van der Waals surface area contributed by atoms with Crippen LogP contribution in [-0.4, -0.2) is 30.6 Å². The van der Waals surface area contributed by atoms with Crippen LogP contribution in [-0.2, 0) is 11.9 Å². The first-order valence-electron chi connectivity index (χ1n) is 11.3. The SMILES string of the molecule is Cc1ccc(NC(=O)c2csc(CSc3nnc(-c4cccnc4)n3-c3cccc(C(F)(F)F)c3)n2)cc1. The average Bonchev–Trinajstić information content (AvgIpc) is 3.56. The summed E-state index contributed by atoms with van der Waals surface area (Å²) < 4.78 is 41.9. The first-order valence-corrected chi connectivity index (χ1v) is 13.1. The van der Waals surface area contributed by atoms with E-state index >= 15 is 0 Å². The second-order valence-electron chi connectivity index (χ2n) is 8.17. The molecule has 0 aliphatic rings. The molecule has 3 heterocycles. The number of pyridine rings is 1. The molecule has 2 aromatic carbocycles. The third-order valence-corrected chi connectivity index (χ3v) is 7.38. The number of halogens is 3. The summed E-state index contributed by atoms with van der Waals surface area (Å²) in [5.41, 5.74) is 2.13. The molecule has 5 aromatic rings. The van der Waals surface area contributed by atoms with Gasteiger partial charge in [-0.05, 0) is 49.4 Å². The highest BCUT2D eigenvalue weighted by Gasteiger charge is 2.31. The molecule has 1 N–H and O–H groups in total. The molecule has 5 rings (SSSR count). The standard InChI is InChI=1S/C26H19F3N6OS2/c1-16-7-9-19(10-8-16)31-24(36)21-14-37-22(32-21)15-38-25-34-33-23(17-4-3-11-30-13-17)35(25)20-6-2-5-18(12-20)26(27,28)29/h2-14H,15H2,1H3,(H,31,36). The monoisotopic (exact) mass is 552 g/mol. The van der Waals surface area contributed by atoms with E-state index < -0.39 is 11.7 Å². The third kappa shape index (κ3) is 5.76. The van der Waals surface area contributed by atoms with E-state index in [0.717, 1.165) is 17.7 Å². The summed E-state index contributed by atoms with van der Waals surface area (Å²) in [6.45, 7) is 1.96. The number of alkyl halides is 3. The summed E-state index contributed by atoms with van der Waals surface area (Å²) in [6, 6.07) is 15.9. The van der Waals surface area contributed by atoms with E-state index in [0.29, 0.717) is 33.0 Å². The Morgan fingerprint density at radius 3 is 2.63 bits per heavy atom. The van der Waals surface area contributed by atoms with E-state index in [1.807, 2.05) is 31.2 Å². The van der Waals surface area contributed by atoms with Crippen LogP contribution in [0.25, 0.3) is 17.1 Å². The van der Waals surface area contributed by atoms with Gasteiger partial charge in [-0.25, -0.2) is 4.98 Å². The lowest BCUT2D eigenvalue weighted by Crippen LogP contribution is -2.12. The van der Waals surface area contributed by atoms with Gasteiger partial charge in [-0.15, -0.1) is 21.5 Å². The number of hydrogen-bond donors (Lipinski definition) is 1. The van der Waals surface area contributed by atoms with Gasteiger partial charge in [-0.3, -0.25) is 14.3 Å². The topological polar surface area (TPSA) is 85.6 Å². The van der Waals surface area contributed by atoms with Crippen LogP contribution < -0.4 is 5.32 Å². The van der Waals surface area contributed by atoms with Crippen molar-refractivity contribution in [3.05, 3.63) is 100 Å². The maximum Gasteiger partial charge on any atom is 0.416 e. The number of nitrogens with one attached hydrogen (secondary N) is 1. The Hall–Kier alpha value is -4.03. The molecule has 38 heavy (non-hydrogen) atoms. The molecule has 0 aliphatic carbocycles. The van der Waals surface area contributed by atoms with Gasteiger partial charge in [-0.1, -0.05) is 35.5 Å². The van der Waals surface area contributed by atoms with Gasteiger partial charge in [-0.2, -0.15) is 13.2 Å². The lowest BCUT2D eigenvalue weighted by atomic mass is 10.2. The molecule has 0 saturated carbocycles. The summed E-state index contributed by atoms with van der Waals surface area (Å²) in [4.78, 5) is 21.1. The second-order valence-corrected chi connectivity index (χ2v) is 10.1. The molecule has 1 amide bonds. The van der Waals surface area contributed by atoms with Gasteiger partial charge in [0.25, 0.3) is 5.91 Å². The Balaban J connectivity index is 1.39. The lowest BCUT2D eigenvalue weighted by Gasteiger charge is -2.13. The van der Waals surface area contributed by atoms with E-state index in [1.165, 1.54) is 29.2 Å². The van der Waals surface area contributed by atoms with Crippen molar-refractivity contribution in [2.45, 2.75) is 24.0 Å². The van der Waals surface area contributed by atoms with Crippen molar-refractivity contribution in [3.8, 4) is 17.1 Å². The number of thioether (sulfide) groups is 1. The third-order valence-electron chi connectivity index (χ3n) is 5.40. The fourth-order valence-corrected chi connectivity index (χ4v) is 5.28. The zero-order chi connectivity index (χ0) is 26.7. The zero-order valence-corrected chi connectivity index (χ0v) is 21.4. The van der Waals surface area contributed by atoms with Crippen molar-refractivity contribution in [2.24, 2.45) is 0 Å². The largest absolute Gasteiger partial charge is 0.416 e. The van der Waals surface area contributed by atoms with Gasteiger partial charge >= 0.3 is 6.18 Å². The number of carbonyl (C=O) groups is 1. The molecule has 0 radical (unpaired) electrons. The zero-order valence-electron chi connectivity index (χ0n) is 19.8. The lowest BCUT2D eigenvalue weighted by molar-refractivity contribution is -0.137. The summed E-state index contributed by atoms with van der Waals surface area (Å²) in [5, 5.41) is 14.0. The van der Waals surface area contributed by atoms with Crippen LogP contribution in [0.4, 0.5) is 18.9 Å². The maximum absolute atomic E-state index is 13.4. The van der Waals surface area contributed by atoms with Crippen molar-refractivity contribution < 1.29 is 18.0 Å². The minimum Gasteiger partial charge on any atom is -0.321 e. The fourth-order valence-electron chi connectivity index (χ4n) is 3.54. The van der Waals surface area contributed by atoms with E-state index in [-0.39, 0.29) is 17.3 Å². The average molecular weight is 553 g/mol. The number of rotatable bonds is 7. The van der Waals surface area contributed by atoms with Crippen LogP contribution >= 0.6 is 23.1 Å². The van der Waals surface area contributed by atoms with E-state index in [9.17, 15) is 18.0 Å². The summed E-state index contributed by atoms with van der Waals surface area (Å²) >= 11 is 2.57. The van der Waals surface area contributed by atoms with E-state index in [4.69, 9.17) is 0 Å². The molecule has 7 nitrogen and oxygen atoms in total. The van der Waals surface area contributed by atoms with Gasteiger partial charge in [0.2, 0.25) is 0 Å². The number of benzene rings is 2. The molecule has 192 valence electrons. The predicted octanol–water partition coefficient (Wildman–Crippen LogP) is 6.66. The Kier molecular flexibility index (Phi) is 7.25. The van der Waals surface area contributed by atoms with Gasteiger partial charge < -0.3 is 5.32 Å². The molecule has 3 aromatic heterocycles. The minimum absolute atomic E-state index is 0.267. The summed E-state index contributed by atoms with van der Waals surface area (Å²) in [6.07, 6.45) is -1.33. The minimum atomic E-state index is -4.50. The quantitative estimate of drug-likeness (QED) is 0.227. The molecule has 0 atom stereocenters. The molecule has 0 unspecified atom stereocenters. The first kappa shape index (κ1) is 25.6. The smallest absolute Gasteiger partial charge is 0.321 e. The van der Waals surface area contributed by atoms with Crippen LogP contribution in [0.2, 0.25) is 0 Å². The van der Waals surface area contributed by atoms with Crippen LogP contribution in [0.15, 0.2) is 83.6 Å². The fraction of sp³-hybridized carbons (Fsp3) is 0.115. The van der Waals surface area contributed by atoms with Gasteiger partial charge in [0, 0.05) is 29.0 Å². The summed E-state index contributed by atoms with van der Waals surface area (Å²) in [5.74, 6) is 0.372. The van der Waals surface area contributed by atoms with Crippen molar-refractivity contribution in [3.63, 3.8) is 0 Å². The van der Waals surface area contributed by atoms with Crippen LogP contribution in [0.3, 0.4) is 0 Å². The van der Waals surface area contributed by atoms with Crippen molar-refractivity contribution in [1.82, 2.24) is 24.7 Å². The molecular weight excluding hydrogens is 533 g/mol. The number of hydrogen-bond acceptors (Lipinski definition) is 7. The number of nitrogens with zero attached hydrogens (tertiary/aromatic N) is 5. The van der Waals surface area contributed by atoms with E-state index in [2.05, 4.69) is 25.5 Å². The first-order chi connectivity index (χ1) is 18.3. The number of aryl methyl sites for hydroxylation is 1. The van der Waals surface area contributed by atoms with Crippen molar-refractivity contribution >= 4 is 34.7 Å². The highest BCUT2D eigenvalue weighted by Crippen LogP contribution is 2.34. The Morgan fingerprint density at radius 1 is 1.08 bits per heavy atom. The number of anilines is 1. The van der Waals surface area contributed by atoms with Crippen LogP contribution in [0.1, 0.15) is 26.6 Å². The van der Waals surface area contributed by atoms with Crippen molar-refractivity contribution in [1.29, 1.82) is 0 Å². The predicted molar refractivity (Wildman–Crippen MR) is 140 cm³/mol. The molecule has 0 aliphatic heterocycles. The molecule has 0 spiro atoms. The molecule has 0 saturated heterocycles. The number of aromatic nitrogens is 5. The van der Waals surface area contributed by atoms with Gasteiger partial charge in [0.15, 0.2) is 11.0 Å². The summed E-state index contributed by atoms with van der Waals surface area (Å²) in [7, 11) is 0. The van der Waals surface area contributed by atoms with Gasteiger partial charge in [0.05, 0.1) is 17.0 Å². The highest BCUT2D eigenvalue weighted by atomic mass is 32.2. The van der Waals surface area contributed by atoms with Crippen molar-refractivity contribution in [2.75, 3.05) is 5.32 Å². The maximum atomic E-state index is 13.4. The molecular formula is C26H19F3N6OS2. The number of amides is 1. The normalized spacial score (nSPS) is 11.5. The Labute approximate surface area is 223 Å². The molecule has 0 fully saturated rings. The Bertz CT molecular complexity index is 1570. The molecule has 12 heteroatoms. The highest BCUT2D eigenvalue weighted by molar-refractivity contribution is 7.98. The molecule has 0 bridgehead atoms. The van der Waals surface area contributed by atoms with Crippen LogP contribution in [0, 0.1) is 6.92 Å². The van der Waals surface area contributed by atoms with Gasteiger partial charge in [0.1, 0.15) is 10.7 Å². The second kappa shape index (κ2) is 10.8. The number of carbonyl (C=O) groups excluding carboxylic acids is 1. The number of thiazole rings is 1. The Morgan fingerprint density at radius 2 is 1.89 bits per heavy atom.